The van der Waals surface area contributed by atoms with Crippen molar-refractivity contribution in [3.63, 3.8) is 0 Å². The molecule has 0 aromatic carbocycles. The van der Waals surface area contributed by atoms with E-state index in [-0.39, 0.29) is 43.3 Å². The van der Waals surface area contributed by atoms with Gasteiger partial charge in [-0.25, -0.2) is 4.79 Å². The Balaban J connectivity index is 0. The molecule has 1 aliphatic heterocycles. The zero-order valence-electron chi connectivity index (χ0n) is 8.59. The van der Waals surface area contributed by atoms with Gasteiger partial charge in [0.25, 0.3) is 0 Å². The van der Waals surface area contributed by atoms with Crippen LogP contribution in [0.4, 0.5) is 0 Å². The summed E-state index contributed by atoms with van der Waals surface area (Å²) in [5.41, 5.74) is 0.491. The second-order valence-electron chi connectivity index (χ2n) is 2.87. The summed E-state index contributed by atoms with van der Waals surface area (Å²) >= 11 is 0. The molecule has 0 atom stereocenters. The number of cyclic esters (lactones) is 2. The Morgan fingerprint density at radius 2 is 2.08 bits per heavy atom. The van der Waals surface area contributed by atoms with Crippen LogP contribution < -0.4 is 29.6 Å². The molecule has 62 valence electrons. The van der Waals surface area contributed by atoms with E-state index in [4.69, 9.17) is 0 Å². The molecule has 0 aromatic rings. The molecule has 0 bridgehead atoms. The topological polar surface area (TPSA) is 43.4 Å². The van der Waals surface area contributed by atoms with E-state index in [0.717, 1.165) is 0 Å². The summed E-state index contributed by atoms with van der Waals surface area (Å²) in [6, 6.07) is 0. The molecule has 1 saturated heterocycles. The average molecular weight is 178 g/mol. The van der Waals surface area contributed by atoms with Gasteiger partial charge in [-0.3, -0.25) is 4.79 Å². The second kappa shape index (κ2) is 4.80. The third-order valence-electron chi connectivity index (χ3n) is 1.34. The van der Waals surface area contributed by atoms with Crippen molar-refractivity contribution in [2.75, 3.05) is 0 Å². The summed E-state index contributed by atoms with van der Waals surface area (Å²) in [5.74, 6) is -0.644. The number of hydrogen-bond acceptors (Lipinski definition) is 3. The van der Waals surface area contributed by atoms with Gasteiger partial charge >= 0.3 is 41.5 Å². The van der Waals surface area contributed by atoms with Crippen LogP contribution in [0.2, 0.25) is 0 Å². The van der Waals surface area contributed by atoms with E-state index in [2.05, 4.69) is 4.74 Å². The van der Waals surface area contributed by atoms with Crippen LogP contribution >= 0.6 is 0 Å². The van der Waals surface area contributed by atoms with Crippen LogP contribution in [0.15, 0.2) is 11.6 Å². The second-order valence-corrected chi connectivity index (χ2v) is 2.87. The van der Waals surface area contributed by atoms with Crippen LogP contribution in [-0.2, 0) is 14.3 Å². The molecule has 1 heterocycles. The molecule has 0 N–H and O–H groups in total. The van der Waals surface area contributed by atoms with Crippen molar-refractivity contribution in [3.05, 3.63) is 11.6 Å². The normalized spacial score (nSPS) is 19.8. The molecule has 0 saturated carbocycles. The molecular formula is C8H11NaO3. The predicted molar refractivity (Wildman–Crippen MR) is 39.7 cm³/mol. The number of carbonyl (C=O) groups excluding carboxylic acids is 2. The molecule has 0 aliphatic carbocycles. The molecular weight excluding hydrogens is 167 g/mol. The van der Waals surface area contributed by atoms with E-state index in [1.165, 1.54) is 0 Å². The minimum absolute atomic E-state index is 0. The van der Waals surface area contributed by atoms with Gasteiger partial charge in [0.2, 0.25) is 0 Å². The van der Waals surface area contributed by atoms with Gasteiger partial charge in [-0.15, -0.1) is 0 Å². The number of ether oxygens (including phenoxy) is 1. The number of allylic oxidation sites excluding steroid dienone is 1. The van der Waals surface area contributed by atoms with Crippen molar-refractivity contribution in [2.45, 2.75) is 20.3 Å². The van der Waals surface area contributed by atoms with Gasteiger partial charge in [-0.1, -0.05) is 19.9 Å². The molecule has 3 nitrogen and oxygen atoms in total. The quantitative estimate of drug-likeness (QED) is 0.205. The average Bonchev–Trinajstić information content (AvgIpc) is 2.09. The summed E-state index contributed by atoms with van der Waals surface area (Å²) in [6.07, 6.45) is 1.89. The number of esters is 2. The first-order valence-corrected chi connectivity index (χ1v) is 3.55. The molecule has 0 amide bonds. The molecule has 12 heavy (non-hydrogen) atoms. The fraction of sp³-hybridized carbons (Fsp3) is 0.500. The van der Waals surface area contributed by atoms with Crippen molar-refractivity contribution in [1.82, 2.24) is 0 Å². The minimum Gasteiger partial charge on any atom is -1.00 e. The standard InChI is InChI=1S/C8H10O3.Na.H/c1-5(2)3-6-4-7(9)11-8(6)10;;/h3,5H,4H2,1-2H3;;/q;+1;-1. The van der Waals surface area contributed by atoms with E-state index in [1.54, 1.807) is 6.08 Å². The van der Waals surface area contributed by atoms with E-state index in [0.29, 0.717) is 5.57 Å². The molecule has 4 heteroatoms. The maximum Gasteiger partial charge on any atom is 1.00 e. The monoisotopic (exact) mass is 178 g/mol. The molecule has 1 aliphatic rings. The molecule has 0 spiro atoms. The fourth-order valence-corrected chi connectivity index (χ4v) is 0.962. The third kappa shape index (κ3) is 3.09. The van der Waals surface area contributed by atoms with Gasteiger partial charge in [0.05, 0.1) is 6.42 Å². The van der Waals surface area contributed by atoms with Crippen molar-refractivity contribution >= 4 is 11.9 Å². The number of carbonyl (C=O) groups is 2. The maximum atomic E-state index is 10.8. The van der Waals surface area contributed by atoms with Crippen molar-refractivity contribution in [2.24, 2.45) is 5.92 Å². The Morgan fingerprint density at radius 1 is 1.50 bits per heavy atom. The zero-order chi connectivity index (χ0) is 8.43. The molecule has 0 radical (unpaired) electrons. The predicted octanol–water partition coefficient (Wildman–Crippen LogP) is -1.84. The van der Waals surface area contributed by atoms with E-state index in [1.807, 2.05) is 13.8 Å². The van der Waals surface area contributed by atoms with Gasteiger partial charge in [0.1, 0.15) is 0 Å². The van der Waals surface area contributed by atoms with Gasteiger partial charge in [-0.2, -0.15) is 0 Å². The zero-order valence-corrected chi connectivity index (χ0v) is 9.59. The largest absolute Gasteiger partial charge is 1.00 e. The van der Waals surface area contributed by atoms with E-state index in [9.17, 15) is 9.59 Å². The summed E-state index contributed by atoms with van der Waals surface area (Å²) in [6.45, 7) is 3.89. The first kappa shape index (κ1) is 11.9. The van der Waals surface area contributed by atoms with Crippen LogP contribution in [0.25, 0.3) is 0 Å². The van der Waals surface area contributed by atoms with Crippen LogP contribution in [0.5, 0.6) is 0 Å². The Hall–Kier alpha value is -0.120. The first-order chi connectivity index (χ1) is 5.09. The van der Waals surface area contributed by atoms with E-state index < -0.39 is 11.9 Å². The van der Waals surface area contributed by atoms with E-state index >= 15 is 0 Å². The smallest absolute Gasteiger partial charge is 1.00 e. The van der Waals surface area contributed by atoms with Crippen LogP contribution in [-0.4, -0.2) is 11.9 Å². The van der Waals surface area contributed by atoms with Gasteiger partial charge in [0.15, 0.2) is 0 Å². The van der Waals surface area contributed by atoms with Gasteiger partial charge in [0, 0.05) is 5.57 Å². The number of hydrogen-bond donors (Lipinski definition) is 0. The Kier molecular flexibility index (Phi) is 4.75. The van der Waals surface area contributed by atoms with Crippen LogP contribution in [0.3, 0.4) is 0 Å². The fourth-order valence-electron chi connectivity index (χ4n) is 0.962. The third-order valence-corrected chi connectivity index (χ3v) is 1.34. The molecule has 1 rings (SSSR count). The summed E-state index contributed by atoms with van der Waals surface area (Å²) in [4.78, 5) is 21.4. The Bertz CT molecular complexity index is 236. The van der Waals surface area contributed by atoms with Crippen molar-refractivity contribution in [3.8, 4) is 0 Å². The number of rotatable bonds is 1. The van der Waals surface area contributed by atoms with Crippen molar-refractivity contribution < 1.29 is 45.3 Å². The Morgan fingerprint density at radius 3 is 2.42 bits per heavy atom. The summed E-state index contributed by atoms with van der Waals surface area (Å²) in [7, 11) is 0. The maximum absolute atomic E-state index is 10.8. The Labute approximate surface area is 94.9 Å². The van der Waals surface area contributed by atoms with Crippen LogP contribution in [0, 0.1) is 5.92 Å². The van der Waals surface area contributed by atoms with Crippen molar-refractivity contribution in [1.29, 1.82) is 0 Å². The molecule has 1 fully saturated rings. The SMILES string of the molecule is CC(C)C=C1CC(=O)OC1=O.[H-].[Na+]. The van der Waals surface area contributed by atoms with Gasteiger partial charge in [-0.05, 0) is 5.92 Å². The molecule has 0 unspecified atom stereocenters. The summed E-state index contributed by atoms with van der Waals surface area (Å²) < 4.78 is 4.33. The van der Waals surface area contributed by atoms with Crippen LogP contribution in [0.1, 0.15) is 21.7 Å². The minimum atomic E-state index is -0.483. The first-order valence-electron chi connectivity index (χ1n) is 3.55. The summed E-state index contributed by atoms with van der Waals surface area (Å²) in [5, 5.41) is 0. The van der Waals surface area contributed by atoms with Gasteiger partial charge < -0.3 is 6.16 Å². The molecule has 0 aromatic heterocycles.